The molecule has 26 heavy (non-hydrogen) atoms. The Kier molecular flexibility index (Phi) is 7.59. The molecule has 140 valence electrons. The topological polar surface area (TPSA) is 78.4 Å². The average molecular weight is 374 g/mol. The van der Waals surface area contributed by atoms with Crippen LogP contribution in [0.3, 0.4) is 0 Å². The summed E-state index contributed by atoms with van der Waals surface area (Å²) in [6, 6.07) is 7.50. The minimum absolute atomic E-state index is 0.0920. The summed E-state index contributed by atoms with van der Waals surface area (Å²) in [6.07, 6.45) is 0. The summed E-state index contributed by atoms with van der Waals surface area (Å²) in [6.45, 7) is 8.23. The van der Waals surface area contributed by atoms with E-state index in [4.69, 9.17) is 0 Å². The van der Waals surface area contributed by atoms with E-state index in [1.165, 1.54) is 0 Å². The fraction of sp³-hybridized carbons (Fsp3) is 0.421. The molecule has 1 heterocycles. The van der Waals surface area contributed by atoms with Gasteiger partial charge in [0.05, 0.1) is 18.8 Å². The lowest BCUT2D eigenvalue weighted by Gasteiger charge is -2.10. The van der Waals surface area contributed by atoms with E-state index in [1.54, 1.807) is 24.5 Å². The fourth-order valence-electron chi connectivity index (χ4n) is 2.30. The van der Waals surface area contributed by atoms with Gasteiger partial charge in [0.2, 0.25) is 0 Å². The van der Waals surface area contributed by atoms with Gasteiger partial charge >= 0.3 is 0 Å². The fourth-order valence-corrected chi connectivity index (χ4v) is 3.19. The second kappa shape index (κ2) is 9.91. The summed E-state index contributed by atoms with van der Waals surface area (Å²) < 4.78 is 0. The molecule has 0 bridgehead atoms. The Morgan fingerprint density at radius 1 is 1.31 bits per heavy atom. The van der Waals surface area contributed by atoms with Gasteiger partial charge in [-0.25, -0.2) is 9.98 Å². The number of aliphatic imine (C=N–C) groups is 1. The van der Waals surface area contributed by atoms with Crippen LogP contribution < -0.4 is 16.0 Å². The molecule has 0 spiro atoms. The van der Waals surface area contributed by atoms with Crippen molar-refractivity contribution in [2.24, 2.45) is 4.99 Å². The Labute approximate surface area is 159 Å². The number of hydrogen-bond donors (Lipinski definition) is 3. The molecule has 0 fully saturated rings. The van der Waals surface area contributed by atoms with Crippen LogP contribution in [0.5, 0.6) is 0 Å². The predicted molar refractivity (Wildman–Crippen MR) is 108 cm³/mol. The van der Waals surface area contributed by atoms with E-state index in [0.29, 0.717) is 24.6 Å². The Morgan fingerprint density at radius 3 is 2.77 bits per heavy atom. The van der Waals surface area contributed by atoms with Crippen LogP contribution in [0.15, 0.2) is 34.6 Å². The molecule has 6 nitrogen and oxygen atoms in total. The van der Waals surface area contributed by atoms with Crippen molar-refractivity contribution in [1.82, 2.24) is 20.9 Å². The third kappa shape index (κ3) is 5.84. The van der Waals surface area contributed by atoms with Crippen molar-refractivity contribution in [2.45, 2.75) is 39.8 Å². The highest BCUT2D eigenvalue weighted by molar-refractivity contribution is 7.09. The summed E-state index contributed by atoms with van der Waals surface area (Å²) in [5.74, 6) is 1.08. The maximum atomic E-state index is 11.7. The first kappa shape index (κ1) is 19.9. The highest BCUT2D eigenvalue weighted by atomic mass is 32.1. The van der Waals surface area contributed by atoms with Crippen LogP contribution in [-0.4, -0.2) is 30.4 Å². The molecular formula is C19H27N5OS. The summed E-state index contributed by atoms with van der Waals surface area (Å²) in [5, 5.41) is 12.3. The van der Waals surface area contributed by atoms with Gasteiger partial charge in [0.25, 0.3) is 5.91 Å². The first-order valence-electron chi connectivity index (χ1n) is 8.81. The van der Waals surface area contributed by atoms with E-state index >= 15 is 0 Å². The second-order valence-electron chi connectivity index (χ2n) is 6.15. The molecule has 0 aliphatic rings. The van der Waals surface area contributed by atoms with E-state index in [-0.39, 0.29) is 5.91 Å². The molecule has 0 saturated heterocycles. The average Bonchev–Trinajstić information content (AvgIpc) is 3.13. The van der Waals surface area contributed by atoms with E-state index in [1.807, 2.05) is 25.1 Å². The van der Waals surface area contributed by atoms with Gasteiger partial charge in [-0.1, -0.05) is 26.0 Å². The quantitative estimate of drug-likeness (QED) is 0.515. The minimum atomic E-state index is -0.0920. The predicted octanol–water partition coefficient (Wildman–Crippen LogP) is 2.88. The Bertz CT molecular complexity index is 754. The number of carbonyl (C=O) groups excluding carboxylic acids is 1. The molecule has 3 N–H and O–H groups in total. The Balaban J connectivity index is 2.00. The van der Waals surface area contributed by atoms with Crippen LogP contribution in [0.1, 0.15) is 53.3 Å². The number of hydrogen-bond acceptors (Lipinski definition) is 4. The summed E-state index contributed by atoms with van der Waals surface area (Å²) in [4.78, 5) is 21.0. The monoisotopic (exact) mass is 373 g/mol. The molecular weight excluding hydrogens is 346 g/mol. The minimum Gasteiger partial charge on any atom is -0.357 e. The van der Waals surface area contributed by atoms with Gasteiger partial charge < -0.3 is 16.0 Å². The number of aromatic nitrogens is 1. The lowest BCUT2D eigenvalue weighted by Crippen LogP contribution is -2.36. The molecule has 0 unspecified atom stereocenters. The molecule has 1 aromatic carbocycles. The van der Waals surface area contributed by atoms with E-state index in [0.717, 1.165) is 28.8 Å². The van der Waals surface area contributed by atoms with Gasteiger partial charge in [0.1, 0.15) is 5.01 Å². The maximum Gasteiger partial charge on any atom is 0.251 e. The van der Waals surface area contributed by atoms with Crippen LogP contribution in [0.25, 0.3) is 0 Å². The number of carbonyl (C=O) groups is 1. The molecule has 1 aromatic heterocycles. The lowest BCUT2D eigenvalue weighted by molar-refractivity contribution is 0.0963. The Morgan fingerprint density at radius 2 is 2.12 bits per heavy atom. The SMILES string of the molecule is CCNC(=NCc1cccc(C(=O)NC)c1)NCc1nc(C(C)C)cs1. The lowest BCUT2D eigenvalue weighted by atomic mass is 10.1. The number of nitrogens with one attached hydrogen (secondary N) is 3. The second-order valence-corrected chi connectivity index (χ2v) is 7.09. The van der Waals surface area contributed by atoms with Gasteiger partial charge in [0.15, 0.2) is 5.96 Å². The number of guanidine groups is 1. The standard InChI is InChI=1S/C19H27N5OS/c1-5-21-19(23-11-17-24-16(12-26-17)13(2)3)22-10-14-7-6-8-15(9-14)18(25)20-4/h6-9,12-13H,5,10-11H2,1-4H3,(H,20,25)(H2,21,22,23). The smallest absolute Gasteiger partial charge is 0.251 e. The van der Waals surface area contributed by atoms with Crippen molar-refractivity contribution < 1.29 is 4.79 Å². The zero-order valence-electron chi connectivity index (χ0n) is 15.8. The summed E-state index contributed by atoms with van der Waals surface area (Å²) in [5.41, 5.74) is 2.75. The van der Waals surface area contributed by atoms with Crippen molar-refractivity contribution in [1.29, 1.82) is 0 Å². The number of benzene rings is 1. The van der Waals surface area contributed by atoms with Gasteiger partial charge in [0, 0.05) is 24.5 Å². The van der Waals surface area contributed by atoms with Crippen LogP contribution >= 0.6 is 11.3 Å². The highest BCUT2D eigenvalue weighted by Crippen LogP contribution is 2.17. The van der Waals surface area contributed by atoms with Gasteiger partial charge in [-0.15, -0.1) is 11.3 Å². The molecule has 7 heteroatoms. The van der Waals surface area contributed by atoms with Crippen LogP contribution in [-0.2, 0) is 13.1 Å². The zero-order chi connectivity index (χ0) is 18.9. The Hall–Kier alpha value is -2.41. The first-order valence-corrected chi connectivity index (χ1v) is 9.69. The van der Waals surface area contributed by atoms with E-state index in [2.05, 4.69) is 45.2 Å². The molecule has 0 radical (unpaired) electrons. The molecule has 0 saturated carbocycles. The van der Waals surface area contributed by atoms with E-state index in [9.17, 15) is 4.79 Å². The van der Waals surface area contributed by atoms with Crippen molar-refractivity contribution in [3.63, 3.8) is 0 Å². The molecule has 0 atom stereocenters. The zero-order valence-corrected chi connectivity index (χ0v) is 16.6. The highest BCUT2D eigenvalue weighted by Gasteiger charge is 2.07. The molecule has 2 aromatic rings. The van der Waals surface area contributed by atoms with Crippen molar-refractivity contribution >= 4 is 23.2 Å². The molecule has 0 aliphatic heterocycles. The number of rotatable bonds is 7. The maximum absolute atomic E-state index is 11.7. The molecule has 1 amide bonds. The molecule has 0 aliphatic carbocycles. The molecule has 2 rings (SSSR count). The van der Waals surface area contributed by atoms with Crippen molar-refractivity contribution in [3.8, 4) is 0 Å². The van der Waals surface area contributed by atoms with Crippen LogP contribution in [0, 0.1) is 0 Å². The number of nitrogens with zero attached hydrogens (tertiary/aromatic N) is 2. The summed E-state index contributed by atoms with van der Waals surface area (Å²) >= 11 is 1.66. The largest absolute Gasteiger partial charge is 0.357 e. The summed E-state index contributed by atoms with van der Waals surface area (Å²) in [7, 11) is 1.63. The van der Waals surface area contributed by atoms with Crippen molar-refractivity contribution in [2.75, 3.05) is 13.6 Å². The third-order valence-corrected chi connectivity index (χ3v) is 4.62. The van der Waals surface area contributed by atoms with Crippen molar-refractivity contribution in [3.05, 3.63) is 51.5 Å². The number of amides is 1. The van der Waals surface area contributed by atoms with Crippen LogP contribution in [0.2, 0.25) is 0 Å². The van der Waals surface area contributed by atoms with Gasteiger partial charge in [-0.2, -0.15) is 0 Å². The van der Waals surface area contributed by atoms with Gasteiger partial charge in [-0.3, -0.25) is 4.79 Å². The van der Waals surface area contributed by atoms with E-state index < -0.39 is 0 Å². The third-order valence-electron chi connectivity index (χ3n) is 3.75. The normalized spacial score (nSPS) is 11.5. The number of thiazole rings is 1. The first-order chi connectivity index (χ1) is 12.5. The van der Waals surface area contributed by atoms with Crippen LogP contribution in [0.4, 0.5) is 0 Å². The van der Waals surface area contributed by atoms with Gasteiger partial charge in [-0.05, 0) is 30.5 Å².